The number of anilines is 1. The summed E-state index contributed by atoms with van der Waals surface area (Å²) in [6.07, 6.45) is 6.28. The molecule has 0 aromatic carbocycles. The highest BCUT2D eigenvalue weighted by Gasteiger charge is 2.12. The molecule has 0 aliphatic carbocycles. The molecule has 1 amide bonds. The second-order valence-corrected chi connectivity index (χ2v) is 5.26. The largest absolute Gasteiger partial charge is 0.289 e. The van der Waals surface area contributed by atoms with Crippen LogP contribution in [0.3, 0.4) is 0 Å². The molecule has 0 fully saturated rings. The van der Waals surface area contributed by atoms with Crippen molar-refractivity contribution in [2.45, 2.75) is 13.8 Å². The third-order valence-corrected chi connectivity index (χ3v) is 3.71. The number of aromatic nitrogens is 3. The predicted molar refractivity (Wildman–Crippen MR) is 82.4 cm³/mol. The zero-order valence-electron chi connectivity index (χ0n) is 12.1. The molecule has 0 saturated carbocycles. The van der Waals surface area contributed by atoms with Crippen LogP contribution in [-0.4, -0.2) is 33.0 Å². The summed E-state index contributed by atoms with van der Waals surface area (Å²) in [5.41, 5.74) is 1.19. The van der Waals surface area contributed by atoms with E-state index in [0.717, 1.165) is 0 Å². The lowest BCUT2D eigenvalue weighted by atomic mass is 10.2. The number of nitrogens with zero attached hydrogens (tertiary/aromatic N) is 4. The van der Waals surface area contributed by atoms with Crippen LogP contribution in [0.4, 0.5) is 5.13 Å². The molecule has 110 valence electrons. The van der Waals surface area contributed by atoms with Crippen LogP contribution in [-0.2, 0) is 11.8 Å². The molecule has 2 aromatic heterocycles. The Hall–Kier alpha value is -2.28. The van der Waals surface area contributed by atoms with Crippen LogP contribution in [0.25, 0.3) is 6.08 Å². The molecule has 0 atom stereocenters. The van der Waals surface area contributed by atoms with Crippen molar-refractivity contribution in [2.24, 2.45) is 7.05 Å². The fourth-order valence-electron chi connectivity index (χ4n) is 1.78. The third-order valence-electron chi connectivity index (χ3n) is 2.83. The Balaban J connectivity index is 2.10. The second kappa shape index (κ2) is 6.45. The maximum absolute atomic E-state index is 11.9. The number of carbonyl (C=O) groups is 2. The van der Waals surface area contributed by atoms with Gasteiger partial charge in [0.2, 0.25) is 5.91 Å². The van der Waals surface area contributed by atoms with Crippen molar-refractivity contribution in [3.63, 3.8) is 0 Å². The molecule has 0 aliphatic rings. The summed E-state index contributed by atoms with van der Waals surface area (Å²) in [5, 5.41) is 6.41. The summed E-state index contributed by atoms with van der Waals surface area (Å²) in [6.45, 7) is 3.97. The van der Waals surface area contributed by atoms with E-state index in [4.69, 9.17) is 0 Å². The van der Waals surface area contributed by atoms with Gasteiger partial charge in [-0.1, -0.05) is 0 Å². The number of thiazole rings is 1. The summed E-state index contributed by atoms with van der Waals surface area (Å²) in [5.74, 6) is -0.176. The molecule has 6 nitrogen and oxygen atoms in total. The van der Waals surface area contributed by atoms with Gasteiger partial charge in [0.25, 0.3) is 0 Å². The van der Waals surface area contributed by atoms with E-state index < -0.39 is 0 Å². The lowest BCUT2D eigenvalue weighted by Crippen LogP contribution is -2.27. The SMILES string of the molecule is CCN(C(C)=O)c1nc(C=CC(=O)c2cnn(C)c2)cs1. The van der Waals surface area contributed by atoms with Gasteiger partial charge in [-0.15, -0.1) is 11.3 Å². The number of rotatable bonds is 5. The highest BCUT2D eigenvalue weighted by Crippen LogP contribution is 2.21. The molecule has 0 spiro atoms. The fraction of sp³-hybridized carbons (Fsp3) is 0.286. The van der Waals surface area contributed by atoms with Gasteiger partial charge >= 0.3 is 0 Å². The van der Waals surface area contributed by atoms with Crippen molar-refractivity contribution in [3.05, 3.63) is 35.1 Å². The number of allylic oxidation sites excluding steroid dienone is 1. The fourth-order valence-corrected chi connectivity index (χ4v) is 2.68. The molecule has 2 rings (SSSR count). The Morgan fingerprint density at radius 3 is 2.81 bits per heavy atom. The number of hydrogen-bond donors (Lipinski definition) is 0. The van der Waals surface area contributed by atoms with E-state index in [9.17, 15) is 9.59 Å². The molecule has 0 saturated heterocycles. The molecule has 7 heteroatoms. The standard InChI is InChI=1S/C14H16N4O2S/c1-4-18(10(2)19)14-16-12(9-21-14)5-6-13(20)11-7-15-17(3)8-11/h5-9H,4H2,1-3H3. The smallest absolute Gasteiger partial charge is 0.225 e. The molecular formula is C14H16N4O2S. The topological polar surface area (TPSA) is 68.1 Å². The van der Waals surface area contributed by atoms with Crippen molar-refractivity contribution in [1.29, 1.82) is 0 Å². The lowest BCUT2D eigenvalue weighted by Gasteiger charge is -2.14. The zero-order valence-corrected chi connectivity index (χ0v) is 12.9. The summed E-state index contributed by atoms with van der Waals surface area (Å²) in [7, 11) is 1.76. The van der Waals surface area contributed by atoms with E-state index >= 15 is 0 Å². The van der Waals surface area contributed by atoms with Gasteiger partial charge in [-0.3, -0.25) is 19.2 Å². The third kappa shape index (κ3) is 3.63. The van der Waals surface area contributed by atoms with Crippen molar-refractivity contribution in [2.75, 3.05) is 11.4 Å². The summed E-state index contributed by atoms with van der Waals surface area (Å²) >= 11 is 1.38. The number of amides is 1. The first-order valence-electron chi connectivity index (χ1n) is 6.46. The summed E-state index contributed by atoms with van der Waals surface area (Å²) < 4.78 is 1.58. The van der Waals surface area contributed by atoms with Crippen LogP contribution < -0.4 is 4.90 Å². The van der Waals surface area contributed by atoms with Crippen LogP contribution >= 0.6 is 11.3 Å². The van der Waals surface area contributed by atoms with Crippen LogP contribution in [0.1, 0.15) is 29.9 Å². The first-order chi connectivity index (χ1) is 10.0. The van der Waals surface area contributed by atoms with Crippen LogP contribution in [0.15, 0.2) is 23.8 Å². The number of ketones is 1. The molecular weight excluding hydrogens is 288 g/mol. The summed E-state index contributed by atoms with van der Waals surface area (Å²) in [6, 6.07) is 0. The Kier molecular flexibility index (Phi) is 4.64. The van der Waals surface area contributed by atoms with Crippen molar-refractivity contribution < 1.29 is 9.59 Å². The van der Waals surface area contributed by atoms with Gasteiger partial charge in [0.1, 0.15) is 0 Å². The minimum absolute atomic E-state index is 0.0474. The molecule has 2 aromatic rings. The van der Waals surface area contributed by atoms with Crippen LogP contribution in [0, 0.1) is 0 Å². The maximum Gasteiger partial charge on any atom is 0.225 e. The number of carbonyl (C=O) groups excluding carboxylic acids is 2. The number of hydrogen-bond acceptors (Lipinski definition) is 5. The normalized spacial score (nSPS) is 11.0. The van der Waals surface area contributed by atoms with Gasteiger partial charge in [0.15, 0.2) is 10.9 Å². The van der Waals surface area contributed by atoms with Gasteiger partial charge < -0.3 is 0 Å². The monoisotopic (exact) mass is 304 g/mol. The molecule has 0 unspecified atom stereocenters. The van der Waals surface area contributed by atoms with E-state index in [1.165, 1.54) is 30.5 Å². The minimum Gasteiger partial charge on any atom is -0.289 e. The average Bonchev–Trinajstić information content (AvgIpc) is 3.06. The molecule has 2 heterocycles. The molecule has 0 aliphatic heterocycles. The highest BCUT2D eigenvalue weighted by atomic mass is 32.1. The van der Waals surface area contributed by atoms with Gasteiger partial charge in [0, 0.05) is 32.1 Å². The molecule has 0 bridgehead atoms. The molecule has 21 heavy (non-hydrogen) atoms. The van der Waals surface area contributed by atoms with Gasteiger partial charge in [0.05, 0.1) is 17.5 Å². The first kappa shape index (κ1) is 15.1. The van der Waals surface area contributed by atoms with Crippen LogP contribution in [0.2, 0.25) is 0 Å². The van der Waals surface area contributed by atoms with Crippen molar-refractivity contribution >= 4 is 34.2 Å². The molecule has 0 radical (unpaired) electrons. The molecule has 0 N–H and O–H groups in total. The first-order valence-corrected chi connectivity index (χ1v) is 7.34. The van der Waals surface area contributed by atoms with Crippen LogP contribution in [0.5, 0.6) is 0 Å². The van der Waals surface area contributed by atoms with E-state index in [-0.39, 0.29) is 11.7 Å². The van der Waals surface area contributed by atoms with E-state index in [1.807, 2.05) is 12.3 Å². The lowest BCUT2D eigenvalue weighted by molar-refractivity contribution is -0.116. The minimum atomic E-state index is -0.128. The average molecular weight is 304 g/mol. The highest BCUT2D eigenvalue weighted by molar-refractivity contribution is 7.14. The predicted octanol–water partition coefficient (Wildman–Crippen LogP) is 2.15. The summed E-state index contributed by atoms with van der Waals surface area (Å²) in [4.78, 5) is 29.3. The second-order valence-electron chi connectivity index (χ2n) is 4.42. The van der Waals surface area contributed by atoms with Gasteiger partial charge in [-0.25, -0.2) is 4.98 Å². The van der Waals surface area contributed by atoms with Gasteiger partial charge in [-0.05, 0) is 19.1 Å². The number of aryl methyl sites for hydroxylation is 1. The maximum atomic E-state index is 11.9. The Bertz CT molecular complexity index is 687. The van der Waals surface area contributed by atoms with E-state index in [1.54, 1.807) is 28.9 Å². The van der Waals surface area contributed by atoms with E-state index in [0.29, 0.717) is 22.9 Å². The van der Waals surface area contributed by atoms with Gasteiger partial charge in [-0.2, -0.15) is 5.10 Å². The quantitative estimate of drug-likeness (QED) is 0.627. The Morgan fingerprint density at radius 2 is 2.24 bits per heavy atom. The zero-order chi connectivity index (χ0) is 15.4. The van der Waals surface area contributed by atoms with Crippen molar-refractivity contribution in [1.82, 2.24) is 14.8 Å². The van der Waals surface area contributed by atoms with Crippen molar-refractivity contribution in [3.8, 4) is 0 Å². The van der Waals surface area contributed by atoms with E-state index in [2.05, 4.69) is 10.1 Å². The Morgan fingerprint density at radius 1 is 1.48 bits per heavy atom. The Labute approximate surface area is 126 Å².